The first kappa shape index (κ1) is 18.8. The molecule has 0 bridgehead atoms. The fourth-order valence-electron chi connectivity index (χ4n) is 2.56. The van der Waals surface area contributed by atoms with Crippen LogP contribution in [0, 0.1) is 6.92 Å². The quantitative estimate of drug-likeness (QED) is 0.801. The van der Waals surface area contributed by atoms with Gasteiger partial charge in [-0.15, -0.1) is 0 Å². The van der Waals surface area contributed by atoms with E-state index in [1.54, 1.807) is 7.11 Å². The highest BCUT2D eigenvalue weighted by atomic mass is 16.5. The highest BCUT2D eigenvalue weighted by molar-refractivity contribution is 5.77. The summed E-state index contributed by atoms with van der Waals surface area (Å²) >= 11 is 0. The number of ether oxygens (including phenoxy) is 2. The molecule has 0 heterocycles. The molecule has 134 valence electrons. The molecule has 1 atom stereocenters. The van der Waals surface area contributed by atoms with Crippen molar-refractivity contribution < 1.29 is 14.3 Å². The summed E-state index contributed by atoms with van der Waals surface area (Å²) in [6, 6.07) is 15.5. The number of carbonyl (C=O) groups excluding carboxylic acids is 1. The van der Waals surface area contributed by atoms with Gasteiger partial charge < -0.3 is 19.7 Å². The Morgan fingerprint density at radius 2 is 1.80 bits per heavy atom. The fourth-order valence-corrected chi connectivity index (χ4v) is 2.56. The van der Waals surface area contributed by atoms with Crippen LogP contribution in [0.4, 0.5) is 0 Å². The maximum atomic E-state index is 12.1. The van der Waals surface area contributed by atoms with Crippen LogP contribution in [0.25, 0.3) is 0 Å². The van der Waals surface area contributed by atoms with Crippen molar-refractivity contribution in [2.75, 3.05) is 34.4 Å². The summed E-state index contributed by atoms with van der Waals surface area (Å²) in [5, 5.41) is 2.93. The predicted molar refractivity (Wildman–Crippen MR) is 99.1 cm³/mol. The van der Waals surface area contributed by atoms with Crippen LogP contribution in [-0.4, -0.2) is 45.2 Å². The van der Waals surface area contributed by atoms with Crippen LogP contribution in [0.3, 0.4) is 0 Å². The maximum absolute atomic E-state index is 12.1. The minimum atomic E-state index is -0.151. The molecule has 2 aromatic rings. The van der Waals surface area contributed by atoms with Gasteiger partial charge in [-0.3, -0.25) is 4.79 Å². The van der Waals surface area contributed by atoms with Crippen molar-refractivity contribution in [3.63, 3.8) is 0 Å². The lowest BCUT2D eigenvalue weighted by Crippen LogP contribution is -2.37. The van der Waals surface area contributed by atoms with E-state index in [1.807, 2.05) is 69.6 Å². The van der Waals surface area contributed by atoms with Crippen molar-refractivity contribution in [3.05, 3.63) is 59.7 Å². The van der Waals surface area contributed by atoms with Crippen LogP contribution in [0.15, 0.2) is 48.5 Å². The zero-order chi connectivity index (χ0) is 18.2. The van der Waals surface area contributed by atoms with E-state index in [0.29, 0.717) is 12.3 Å². The second kappa shape index (κ2) is 9.08. The molecule has 0 radical (unpaired) electrons. The number of aryl methyl sites for hydroxylation is 1. The summed E-state index contributed by atoms with van der Waals surface area (Å²) in [5.74, 6) is 1.35. The molecule has 1 amide bonds. The Bertz CT molecular complexity index is 684. The zero-order valence-electron chi connectivity index (χ0n) is 15.3. The third-order valence-electron chi connectivity index (χ3n) is 4.00. The average molecular weight is 342 g/mol. The largest absolute Gasteiger partial charge is 0.496 e. The molecule has 2 rings (SSSR count). The van der Waals surface area contributed by atoms with Crippen LogP contribution >= 0.6 is 0 Å². The third kappa shape index (κ3) is 5.50. The Hall–Kier alpha value is -2.53. The van der Waals surface area contributed by atoms with E-state index in [2.05, 4.69) is 10.2 Å². The van der Waals surface area contributed by atoms with Crippen molar-refractivity contribution in [1.29, 1.82) is 0 Å². The molecule has 0 unspecified atom stereocenters. The van der Waals surface area contributed by atoms with Crippen molar-refractivity contribution >= 4 is 5.91 Å². The molecule has 0 spiro atoms. The first-order valence-electron chi connectivity index (χ1n) is 8.26. The van der Waals surface area contributed by atoms with E-state index >= 15 is 0 Å². The van der Waals surface area contributed by atoms with Gasteiger partial charge in [-0.1, -0.05) is 35.9 Å². The maximum Gasteiger partial charge on any atom is 0.258 e. The summed E-state index contributed by atoms with van der Waals surface area (Å²) in [5.41, 5.74) is 2.19. The molecule has 25 heavy (non-hydrogen) atoms. The topological polar surface area (TPSA) is 50.8 Å². The molecular weight excluding hydrogens is 316 g/mol. The molecule has 0 aromatic heterocycles. The number of carbonyl (C=O) groups is 1. The normalized spacial score (nSPS) is 11.9. The molecular formula is C20H26N2O3. The second-order valence-corrected chi connectivity index (χ2v) is 6.13. The van der Waals surface area contributed by atoms with Crippen LogP contribution in [-0.2, 0) is 4.79 Å². The summed E-state index contributed by atoms with van der Waals surface area (Å²) < 4.78 is 10.9. The lowest BCUT2D eigenvalue weighted by molar-refractivity contribution is -0.123. The van der Waals surface area contributed by atoms with Gasteiger partial charge in [0.1, 0.15) is 11.5 Å². The van der Waals surface area contributed by atoms with E-state index in [-0.39, 0.29) is 18.6 Å². The number of hydrogen-bond donors (Lipinski definition) is 1. The SMILES string of the molecule is COc1ccccc1[C@@H](CNC(=O)COc1ccc(C)cc1)N(C)C. The van der Waals surface area contributed by atoms with E-state index in [4.69, 9.17) is 9.47 Å². The van der Waals surface area contributed by atoms with E-state index < -0.39 is 0 Å². The number of likely N-dealkylation sites (N-methyl/N-ethyl adjacent to an activating group) is 1. The van der Waals surface area contributed by atoms with Gasteiger partial charge in [-0.25, -0.2) is 0 Å². The van der Waals surface area contributed by atoms with Crippen molar-refractivity contribution in [1.82, 2.24) is 10.2 Å². The Morgan fingerprint density at radius 3 is 2.44 bits per heavy atom. The lowest BCUT2D eigenvalue weighted by atomic mass is 10.0. The molecule has 0 fully saturated rings. The Kier molecular flexibility index (Phi) is 6.83. The van der Waals surface area contributed by atoms with Gasteiger partial charge in [0.2, 0.25) is 0 Å². The molecule has 2 aromatic carbocycles. The number of hydrogen-bond acceptors (Lipinski definition) is 4. The predicted octanol–water partition coefficient (Wildman–Crippen LogP) is 2.80. The number of rotatable bonds is 8. The highest BCUT2D eigenvalue weighted by Gasteiger charge is 2.19. The van der Waals surface area contributed by atoms with Crippen molar-refractivity contribution in [3.8, 4) is 11.5 Å². The summed E-state index contributed by atoms with van der Waals surface area (Å²) in [6.45, 7) is 2.48. The minimum Gasteiger partial charge on any atom is -0.496 e. The lowest BCUT2D eigenvalue weighted by Gasteiger charge is -2.26. The van der Waals surface area contributed by atoms with Crippen molar-refractivity contribution in [2.45, 2.75) is 13.0 Å². The van der Waals surface area contributed by atoms with Crippen molar-refractivity contribution in [2.24, 2.45) is 0 Å². The van der Waals surface area contributed by atoms with E-state index in [9.17, 15) is 4.79 Å². The van der Waals surface area contributed by atoms with Crippen LogP contribution in [0.5, 0.6) is 11.5 Å². The Balaban J connectivity index is 1.92. The number of amides is 1. The molecule has 0 saturated carbocycles. The number of nitrogens with one attached hydrogen (secondary N) is 1. The smallest absolute Gasteiger partial charge is 0.258 e. The Labute approximate surface area is 149 Å². The third-order valence-corrected chi connectivity index (χ3v) is 4.00. The Morgan fingerprint density at radius 1 is 1.12 bits per heavy atom. The summed E-state index contributed by atoms with van der Waals surface area (Å²) in [4.78, 5) is 14.2. The van der Waals surface area contributed by atoms with Gasteiger partial charge in [0.25, 0.3) is 5.91 Å². The number of para-hydroxylation sites is 1. The molecule has 1 N–H and O–H groups in total. The van der Waals surface area contributed by atoms with Gasteiger partial charge in [0.15, 0.2) is 6.61 Å². The second-order valence-electron chi connectivity index (χ2n) is 6.13. The summed E-state index contributed by atoms with van der Waals surface area (Å²) in [7, 11) is 5.61. The number of benzene rings is 2. The molecule has 5 nitrogen and oxygen atoms in total. The summed E-state index contributed by atoms with van der Waals surface area (Å²) in [6.07, 6.45) is 0. The van der Waals surface area contributed by atoms with Crippen LogP contribution < -0.4 is 14.8 Å². The fraction of sp³-hybridized carbons (Fsp3) is 0.350. The van der Waals surface area contributed by atoms with E-state index in [0.717, 1.165) is 16.9 Å². The monoisotopic (exact) mass is 342 g/mol. The number of methoxy groups -OCH3 is 1. The van der Waals surface area contributed by atoms with Gasteiger partial charge in [-0.2, -0.15) is 0 Å². The highest BCUT2D eigenvalue weighted by Crippen LogP contribution is 2.27. The molecule has 5 heteroatoms. The molecule has 0 saturated heterocycles. The van der Waals surface area contributed by atoms with Crippen LogP contribution in [0.1, 0.15) is 17.2 Å². The van der Waals surface area contributed by atoms with Gasteiger partial charge >= 0.3 is 0 Å². The van der Waals surface area contributed by atoms with Gasteiger partial charge in [-0.05, 0) is 39.2 Å². The standard InChI is InChI=1S/C20H26N2O3/c1-15-9-11-16(12-10-15)25-14-20(23)21-13-18(22(2)3)17-7-5-6-8-19(17)24-4/h5-12,18H,13-14H2,1-4H3,(H,21,23)/t18-/m1/s1. The minimum absolute atomic E-state index is 0.00483. The average Bonchev–Trinajstić information content (AvgIpc) is 2.61. The molecule has 0 aliphatic rings. The first-order chi connectivity index (χ1) is 12.0. The molecule has 0 aliphatic heterocycles. The first-order valence-corrected chi connectivity index (χ1v) is 8.26. The van der Waals surface area contributed by atoms with Gasteiger partial charge in [0.05, 0.1) is 13.2 Å². The van der Waals surface area contributed by atoms with E-state index in [1.165, 1.54) is 0 Å². The number of nitrogens with zero attached hydrogens (tertiary/aromatic N) is 1. The zero-order valence-corrected chi connectivity index (χ0v) is 15.3. The molecule has 0 aliphatic carbocycles. The van der Waals surface area contributed by atoms with Crippen LogP contribution in [0.2, 0.25) is 0 Å². The van der Waals surface area contributed by atoms with Gasteiger partial charge in [0, 0.05) is 12.1 Å².